The van der Waals surface area contributed by atoms with Gasteiger partial charge in [0.15, 0.2) is 26.4 Å². The van der Waals surface area contributed by atoms with Gasteiger partial charge in [-0.3, -0.25) is 48.4 Å². The van der Waals surface area contributed by atoms with Crippen LogP contribution in [0.3, 0.4) is 0 Å². The van der Waals surface area contributed by atoms with Crippen molar-refractivity contribution in [2.75, 3.05) is 46.1 Å². The van der Waals surface area contributed by atoms with E-state index < -0.39 is 105 Å². The van der Waals surface area contributed by atoms with Crippen LogP contribution in [0.5, 0.6) is 0 Å². The summed E-state index contributed by atoms with van der Waals surface area (Å²) in [5, 5.41) is 23.5. The van der Waals surface area contributed by atoms with E-state index in [1.54, 1.807) is 24.3 Å². The average molecular weight is 676 g/mol. The summed E-state index contributed by atoms with van der Waals surface area (Å²) in [7, 11) is 0. The average Bonchev–Trinajstić information content (AvgIpc) is 3.53. The zero-order chi connectivity index (χ0) is 35.1. The number of carbonyl (C=O) groups is 8. The molecular formula is C27H29N7O14. The number of ether oxygens (including phenoxy) is 4. The molecule has 4 amide bonds. The predicted octanol–water partition coefficient (Wildman–Crippen LogP) is -3.60. The number of nitrogens with zero attached hydrogens (tertiary/aromatic N) is 3. The summed E-state index contributed by atoms with van der Waals surface area (Å²) in [5.74, 6) is -7.87. The maximum absolute atomic E-state index is 13.0. The fourth-order valence-corrected chi connectivity index (χ4v) is 3.73. The van der Waals surface area contributed by atoms with Crippen LogP contribution in [0.4, 0.5) is 5.69 Å². The first-order valence-corrected chi connectivity index (χ1v) is 13.9. The van der Waals surface area contributed by atoms with E-state index in [2.05, 4.69) is 35.8 Å². The van der Waals surface area contributed by atoms with Gasteiger partial charge >= 0.3 is 29.6 Å². The molecule has 4 N–H and O–H groups in total. The summed E-state index contributed by atoms with van der Waals surface area (Å²) in [6, 6.07) is 5.15. The van der Waals surface area contributed by atoms with Crippen molar-refractivity contribution in [2.45, 2.75) is 19.0 Å². The number of rotatable bonds is 5. The van der Waals surface area contributed by atoms with Crippen molar-refractivity contribution in [2.24, 2.45) is 0 Å². The van der Waals surface area contributed by atoms with Crippen molar-refractivity contribution >= 4 is 53.2 Å². The number of hydrogen-bond donors (Lipinski definition) is 4. The zero-order valence-corrected chi connectivity index (χ0v) is 25.0. The van der Waals surface area contributed by atoms with Crippen LogP contribution in [0.15, 0.2) is 36.7 Å². The van der Waals surface area contributed by atoms with E-state index in [4.69, 9.17) is 9.47 Å². The minimum Gasteiger partial charge on any atom is -0.454 e. The third-order valence-corrected chi connectivity index (χ3v) is 5.95. The number of amides is 4. The lowest BCUT2D eigenvalue weighted by molar-refractivity contribution is -0.385. The Balaban J connectivity index is 1.69. The number of esters is 4. The molecule has 1 aromatic heterocycles. The van der Waals surface area contributed by atoms with Gasteiger partial charge in [0.05, 0.1) is 11.5 Å². The lowest BCUT2D eigenvalue weighted by Gasteiger charge is -2.18. The first-order chi connectivity index (χ1) is 22.9. The molecule has 0 aliphatic carbocycles. The van der Waals surface area contributed by atoms with Crippen LogP contribution in [0.2, 0.25) is 0 Å². The van der Waals surface area contributed by atoms with Crippen molar-refractivity contribution in [3.63, 3.8) is 0 Å². The second-order valence-electron chi connectivity index (χ2n) is 9.72. The first kappa shape index (κ1) is 36.1. The summed E-state index contributed by atoms with van der Waals surface area (Å²) in [6.07, 6.45) is 2.13. The maximum atomic E-state index is 13.0. The Kier molecular flexibility index (Phi) is 13.5. The van der Waals surface area contributed by atoms with Crippen molar-refractivity contribution < 1.29 is 62.2 Å². The molecule has 1 saturated heterocycles. The Labute approximate surface area is 269 Å². The van der Waals surface area contributed by atoms with Gasteiger partial charge in [0.2, 0.25) is 0 Å². The highest BCUT2D eigenvalue weighted by Crippen LogP contribution is 2.13. The standard InChI is InChI=1S/C27H29N7O14/c35-20-12-46-25(40)8-30-22(37)14-48-27(42)19(5-16-2-1-3-17(4-16)10-33-11-18(6-31-33)34(43)44)32-23(38)15-47-26(41)9-29-21(36)13-45-24(39)7-28-20/h1-4,6,11,19H,5,7-10,12-15H2,(H,28,35)(H,29,36)(H,30,37)(H,32,38). The summed E-state index contributed by atoms with van der Waals surface area (Å²) >= 11 is 0. The monoisotopic (exact) mass is 675 g/mol. The molecule has 3 rings (SSSR count). The van der Waals surface area contributed by atoms with Gasteiger partial charge in [-0.2, -0.15) is 5.10 Å². The predicted molar refractivity (Wildman–Crippen MR) is 153 cm³/mol. The number of aromatic nitrogens is 2. The van der Waals surface area contributed by atoms with Crippen LogP contribution in [-0.2, 0) is 70.3 Å². The minimum atomic E-state index is -1.42. The third-order valence-electron chi connectivity index (χ3n) is 5.95. The summed E-state index contributed by atoms with van der Waals surface area (Å²) in [4.78, 5) is 107. The van der Waals surface area contributed by atoms with E-state index in [0.717, 1.165) is 6.20 Å². The summed E-state index contributed by atoms with van der Waals surface area (Å²) in [5.41, 5.74) is 0.907. The van der Waals surface area contributed by atoms with Gasteiger partial charge in [-0.25, -0.2) is 4.79 Å². The van der Waals surface area contributed by atoms with Crippen LogP contribution in [0.1, 0.15) is 11.1 Å². The molecule has 1 fully saturated rings. The van der Waals surface area contributed by atoms with E-state index in [9.17, 15) is 48.5 Å². The summed E-state index contributed by atoms with van der Waals surface area (Å²) < 4.78 is 20.4. The van der Waals surface area contributed by atoms with Gasteiger partial charge in [0.25, 0.3) is 23.6 Å². The fourth-order valence-electron chi connectivity index (χ4n) is 3.73. The Hall–Kier alpha value is -6.41. The van der Waals surface area contributed by atoms with Crippen LogP contribution in [-0.4, -0.2) is 114 Å². The van der Waals surface area contributed by atoms with Gasteiger partial charge in [0, 0.05) is 6.42 Å². The lowest BCUT2D eigenvalue weighted by Crippen LogP contribution is -2.46. The highest BCUT2D eigenvalue weighted by molar-refractivity contribution is 5.90. The molecule has 21 heteroatoms. The molecule has 1 aliphatic rings. The topological polar surface area (TPSA) is 283 Å². The maximum Gasteiger partial charge on any atom is 0.329 e. The SMILES string of the molecule is O=C1COC(=O)CNC(=O)COC(=O)C(Cc2cccc(Cn3cc([N+](=O)[O-])cn3)c2)NC(=O)COC(=O)CNC(=O)COC(=O)CN1. The number of cyclic esters (lactones) is 4. The van der Waals surface area contributed by atoms with Crippen molar-refractivity contribution in [1.82, 2.24) is 31.0 Å². The largest absolute Gasteiger partial charge is 0.454 e. The second kappa shape index (κ2) is 17.9. The molecule has 1 atom stereocenters. The van der Waals surface area contributed by atoms with Crippen molar-refractivity contribution in [3.8, 4) is 0 Å². The van der Waals surface area contributed by atoms with Gasteiger partial charge in [-0.15, -0.1) is 0 Å². The Morgan fingerprint density at radius 3 is 1.77 bits per heavy atom. The zero-order valence-electron chi connectivity index (χ0n) is 25.0. The number of benzene rings is 1. The third kappa shape index (κ3) is 12.9. The molecule has 1 unspecified atom stereocenters. The molecule has 0 radical (unpaired) electrons. The number of carbonyl (C=O) groups excluding carboxylic acids is 8. The second-order valence-corrected chi connectivity index (χ2v) is 9.72. The van der Waals surface area contributed by atoms with Crippen LogP contribution in [0, 0.1) is 10.1 Å². The van der Waals surface area contributed by atoms with Crippen molar-refractivity contribution in [3.05, 3.63) is 57.9 Å². The first-order valence-electron chi connectivity index (χ1n) is 13.9. The number of nitro groups is 1. The highest BCUT2D eigenvalue weighted by Gasteiger charge is 2.25. The lowest BCUT2D eigenvalue weighted by atomic mass is 10.0. The number of hydrogen-bond acceptors (Lipinski definition) is 15. The molecule has 2 aromatic rings. The Morgan fingerprint density at radius 2 is 1.25 bits per heavy atom. The molecule has 1 aromatic carbocycles. The van der Waals surface area contributed by atoms with Gasteiger partial charge in [0.1, 0.15) is 38.1 Å². The van der Waals surface area contributed by atoms with Crippen LogP contribution < -0.4 is 21.3 Å². The smallest absolute Gasteiger partial charge is 0.329 e. The van der Waals surface area contributed by atoms with Gasteiger partial charge in [-0.1, -0.05) is 24.3 Å². The van der Waals surface area contributed by atoms with E-state index in [1.807, 2.05) is 0 Å². The molecule has 1 aliphatic heterocycles. The van der Waals surface area contributed by atoms with Crippen LogP contribution in [0.25, 0.3) is 0 Å². The van der Waals surface area contributed by atoms with E-state index in [-0.39, 0.29) is 18.7 Å². The summed E-state index contributed by atoms with van der Waals surface area (Å²) in [6.45, 7) is -5.36. The number of nitrogens with one attached hydrogen (secondary N) is 4. The molecule has 0 bridgehead atoms. The highest BCUT2D eigenvalue weighted by atomic mass is 16.6. The molecule has 21 nitrogen and oxygen atoms in total. The normalized spacial score (nSPS) is 18.4. The minimum absolute atomic E-state index is 0.130. The van der Waals surface area contributed by atoms with Gasteiger partial charge < -0.3 is 40.2 Å². The Bertz CT molecular complexity index is 1570. The Morgan fingerprint density at radius 1 is 0.750 bits per heavy atom. The van der Waals surface area contributed by atoms with Crippen LogP contribution >= 0.6 is 0 Å². The van der Waals surface area contributed by atoms with E-state index in [1.165, 1.54) is 10.9 Å². The van der Waals surface area contributed by atoms with E-state index in [0.29, 0.717) is 11.1 Å². The fraction of sp³-hybridized carbons (Fsp3) is 0.370. The molecule has 2 heterocycles. The van der Waals surface area contributed by atoms with Crippen molar-refractivity contribution in [1.29, 1.82) is 0 Å². The van der Waals surface area contributed by atoms with E-state index >= 15 is 0 Å². The quantitative estimate of drug-likeness (QED) is 0.103. The molecule has 0 spiro atoms. The molecule has 0 saturated carbocycles. The van der Waals surface area contributed by atoms with Gasteiger partial charge in [-0.05, 0) is 11.1 Å². The molecule has 256 valence electrons. The molecule has 48 heavy (non-hydrogen) atoms. The molecular weight excluding hydrogens is 646 g/mol.